The Labute approximate surface area is 146 Å². The van der Waals surface area contributed by atoms with Crippen molar-refractivity contribution in [1.82, 2.24) is 14.2 Å². The summed E-state index contributed by atoms with van der Waals surface area (Å²) in [6.45, 7) is 3.45. The van der Waals surface area contributed by atoms with Gasteiger partial charge in [0.1, 0.15) is 10.6 Å². The normalized spacial score (nSPS) is 15.2. The van der Waals surface area contributed by atoms with Crippen LogP contribution in [0.4, 0.5) is 0 Å². The van der Waals surface area contributed by atoms with E-state index in [0.29, 0.717) is 11.4 Å². The summed E-state index contributed by atoms with van der Waals surface area (Å²) in [5.41, 5.74) is 0.988. The van der Waals surface area contributed by atoms with Crippen molar-refractivity contribution in [3.63, 3.8) is 0 Å². The Morgan fingerprint density at radius 3 is 2.67 bits per heavy atom. The lowest BCUT2D eigenvalue weighted by molar-refractivity contribution is 0.0783. The molecule has 3 rings (SSSR count). The summed E-state index contributed by atoms with van der Waals surface area (Å²) in [6.07, 6.45) is 2.01. The summed E-state index contributed by atoms with van der Waals surface area (Å²) in [5, 5.41) is 1.91. The lowest BCUT2D eigenvalue weighted by Gasteiger charge is -2.15. The van der Waals surface area contributed by atoms with E-state index < -0.39 is 10.0 Å². The Hall–Kier alpha value is -1.64. The Bertz CT molecular complexity index is 832. The van der Waals surface area contributed by atoms with Crippen molar-refractivity contribution in [3.8, 4) is 0 Å². The molecule has 1 aliphatic rings. The standard InChI is InChI=1S/C16H21N3O3S2/c1-12-15(24(21,22)17-11-13-6-5-9-23-13)10-14(18(12)2)16(20)19-7-3-4-8-19/h5-6,9-10,17H,3-4,7-8,11H2,1-2H3. The number of hydrogen-bond donors (Lipinski definition) is 1. The molecule has 8 heteroatoms. The molecule has 1 fully saturated rings. The number of nitrogens with one attached hydrogen (secondary N) is 1. The van der Waals surface area contributed by atoms with Gasteiger partial charge in [-0.1, -0.05) is 6.07 Å². The molecule has 0 aliphatic carbocycles. The van der Waals surface area contributed by atoms with Gasteiger partial charge in [0.05, 0.1) is 0 Å². The van der Waals surface area contributed by atoms with Gasteiger partial charge in [-0.05, 0) is 37.3 Å². The van der Waals surface area contributed by atoms with Crippen LogP contribution >= 0.6 is 11.3 Å². The predicted octanol–water partition coefficient (Wildman–Crippen LogP) is 2.11. The average molecular weight is 367 g/mol. The molecule has 0 saturated carbocycles. The number of sulfonamides is 1. The van der Waals surface area contributed by atoms with Crippen molar-refractivity contribution >= 4 is 27.3 Å². The van der Waals surface area contributed by atoms with E-state index in [1.54, 1.807) is 23.4 Å². The largest absolute Gasteiger partial charge is 0.343 e. The van der Waals surface area contributed by atoms with Crippen molar-refractivity contribution in [3.05, 3.63) is 39.8 Å². The van der Waals surface area contributed by atoms with Crippen molar-refractivity contribution < 1.29 is 13.2 Å². The number of carbonyl (C=O) groups is 1. The zero-order valence-electron chi connectivity index (χ0n) is 13.8. The molecule has 0 spiro atoms. The van der Waals surface area contributed by atoms with Gasteiger partial charge in [-0.2, -0.15) is 0 Å². The molecule has 1 aliphatic heterocycles. The first kappa shape index (κ1) is 17.2. The van der Waals surface area contributed by atoms with E-state index in [9.17, 15) is 13.2 Å². The van der Waals surface area contributed by atoms with Gasteiger partial charge in [0.25, 0.3) is 5.91 Å². The number of nitrogens with zero attached hydrogens (tertiary/aromatic N) is 2. The summed E-state index contributed by atoms with van der Waals surface area (Å²) in [5.74, 6) is -0.0993. The number of rotatable bonds is 5. The fourth-order valence-electron chi connectivity index (χ4n) is 2.89. The van der Waals surface area contributed by atoms with Gasteiger partial charge in [-0.15, -0.1) is 11.3 Å². The molecule has 1 amide bonds. The van der Waals surface area contributed by atoms with Crippen LogP contribution < -0.4 is 4.72 Å². The van der Waals surface area contributed by atoms with E-state index in [-0.39, 0.29) is 17.3 Å². The van der Waals surface area contributed by atoms with Crippen molar-refractivity contribution in [2.75, 3.05) is 13.1 Å². The molecular formula is C16H21N3O3S2. The Morgan fingerprint density at radius 2 is 2.04 bits per heavy atom. The second kappa shape index (κ2) is 6.70. The van der Waals surface area contributed by atoms with E-state index >= 15 is 0 Å². The van der Waals surface area contributed by atoms with Crippen LogP contribution in [0.3, 0.4) is 0 Å². The molecule has 130 valence electrons. The van der Waals surface area contributed by atoms with Gasteiger partial charge < -0.3 is 9.47 Å². The maximum atomic E-state index is 12.6. The highest BCUT2D eigenvalue weighted by Crippen LogP contribution is 2.22. The van der Waals surface area contributed by atoms with E-state index in [1.165, 1.54) is 17.4 Å². The van der Waals surface area contributed by atoms with Gasteiger partial charge in [0, 0.05) is 37.3 Å². The molecule has 24 heavy (non-hydrogen) atoms. The topological polar surface area (TPSA) is 71.4 Å². The highest BCUT2D eigenvalue weighted by molar-refractivity contribution is 7.89. The minimum Gasteiger partial charge on any atom is -0.343 e. The van der Waals surface area contributed by atoms with E-state index in [4.69, 9.17) is 0 Å². The number of thiophene rings is 1. The lowest BCUT2D eigenvalue weighted by Crippen LogP contribution is -2.29. The number of hydrogen-bond acceptors (Lipinski definition) is 4. The second-order valence-electron chi connectivity index (χ2n) is 5.94. The molecule has 0 bridgehead atoms. The zero-order valence-corrected chi connectivity index (χ0v) is 15.4. The predicted molar refractivity (Wildman–Crippen MR) is 93.6 cm³/mol. The van der Waals surface area contributed by atoms with E-state index in [2.05, 4.69) is 4.72 Å². The first-order chi connectivity index (χ1) is 11.4. The average Bonchev–Trinajstić information content (AvgIpc) is 3.28. The monoisotopic (exact) mass is 367 g/mol. The molecule has 3 heterocycles. The van der Waals surface area contributed by atoms with Gasteiger partial charge in [0.15, 0.2) is 0 Å². The van der Waals surface area contributed by atoms with E-state index in [1.807, 2.05) is 17.5 Å². The van der Waals surface area contributed by atoms with Gasteiger partial charge >= 0.3 is 0 Å². The van der Waals surface area contributed by atoms with Gasteiger partial charge in [-0.3, -0.25) is 4.79 Å². The lowest BCUT2D eigenvalue weighted by atomic mass is 10.3. The maximum Gasteiger partial charge on any atom is 0.270 e. The van der Waals surface area contributed by atoms with Crippen LogP contribution in [-0.4, -0.2) is 36.9 Å². The number of aromatic nitrogens is 1. The van der Waals surface area contributed by atoms with Crippen LogP contribution in [0.2, 0.25) is 0 Å². The maximum absolute atomic E-state index is 12.6. The summed E-state index contributed by atoms with van der Waals surface area (Å²) >= 11 is 1.50. The van der Waals surface area contributed by atoms with Crippen LogP contribution in [0, 0.1) is 6.92 Å². The molecule has 0 aromatic carbocycles. The minimum atomic E-state index is -3.66. The molecule has 2 aromatic heterocycles. The summed E-state index contributed by atoms with van der Waals surface area (Å²) in [6, 6.07) is 5.26. The minimum absolute atomic E-state index is 0.0993. The highest BCUT2D eigenvalue weighted by Gasteiger charge is 2.27. The Balaban J connectivity index is 1.85. The van der Waals surface area contributed by atoms with Crippen LogP contribution in [-0.2, 0) is 23.6 Å². The number of likely N-dealkylation sites (tertiary alicyclic amines) is 1. The molecule has 0 atom stereocenters. The van der Waals surface area contributed by atoms with Gasteiger partial charge in [0.2, 0.25) is 10.0 Å². The molecule has 6 nitrogen and oxygen atoms in total. The smallest absolute Gasteiger partial charge is 0.270 e. The third-order valence-corrected chi connectivity index (χ3v) is 6.80. The molecule has 0 radical (unpaired) electrons. The Morgan fingerprint density at radius 1 is 1.33 bits per heavy atom. The SMILES string of the molecule is Cc1c(S(=O)(=O)NCc2cccs2)cc(C(=O)N2CCCC2)n1C. The summed E-state index contributed by atoms with van der Waals surface area (Å²) in [4.78, 5) is 15.5. The summed E-state index contributed by atoms with van der Waals surface area (Å²) in [7, 11) is -1.93. The first-order valence-corrected chi connectivity index (χ1v) is 10.2. The van der Waals surface area contributed by atoms with E-state index in [0.717, 1.165) is 30.8 Å². The second-order valence-corrected chi connectivity index (χ2v) is 8.71. The van der Waals surface area contributed by atoms with Crippen LogP contribution in [0.5, 0.6) is 0 Å². The first-order valence-electron chi connectivity index (χ1n) is 7.88. The molecule has 0 unspecified atom stereocenters. The quantitative estimate of drug-likeness (QED) is 0.880. The molecular weight excluding hydrogens is 346 g/mol. The highest BCUT2D eigenvalue weighted by atomic mass is 32.2. The third kappa shape index (κ3) is 3.26. The number of amides is 1. The van der Waals surface area contributed by atoms with Gasteiger partial charge in [-0.25, -0.2) is 13.1 Å². The van der Waals surface area contributed by atoms with Crippen molar-refractivity contribution in [1.29, 1.82) is 0 Å². The molecule has 1 saturated heterocycles. The fourth-order valence-corrected chi connectivity index (χ4v) is 4.92. The van der Waals surface area contributed by atoms with Crippen LogP contribution in [0.15, 0.2) is 28.5 Å². The van der Waals surface area contributed by atoms with Crippen molar-refractivity contribution in [2.45, 2.75) is 31.2 Å². The number of carbonyl (C=O) groups excluding carboxylic acids is 1. The third-order valence-electron chi connectivity index (χ3n) is 4.41. The van der Waals surface area contributed by atoms with Crippen LogP contribution in [0.25, 0.3) is 0 Å². The zero-order chi connectivity index (χ0) is 17.3. The fraction of sp³-hybridized carbons (Fsp3) is 0.438. The van der Waals surface area contributed by atoms with Crippen LogP contribution in [0.1, 0.15) is 33.9 Å². The summed E-state index contributed by atoms with van der Waals surface area (Å²) < 4.78 is 29.5. The van der Waals surface area contributed by atoms with Crippen molar-refractivity contribution in [2.24, 2.45) is 7.05 Å². The molecule has 1 N–H and O–H groups in total. The Kier molecular flexibility index (Phi) is 4.80. The molecule has 2 aromatic rings.